The van der Waals surface area contributed by atoms with Crippen LogP contribution in [0.1, 0.15) is 79.8 Å². The van der Waals surface area contributed by atoms with Crippen molar-refractivity contribution >= 4 is 34.7 Å². The first kappa shape index (κ1) is 20.9. The van der Waals surface area contributed by atoms with Crippen LogP contribution in [-0.2, 0) is 4.79 Å². The topological polar surface area (TPSA) is 75.2 Å². The molecule has 6 nitrogen and oxygen atoms in total. The van der Waals surface area contributed by atoms with Crippen molar-refractivity contribution < 1.29 is 9.59 Å². The van der Waals surface area contributed by atoms with Crippen molar-refractivity contribution in [2.75, 3.05) is 0 Å². The summed E-state index contributed by atoms with van der Waals surface area (Å²) in [7, 11) is 0. The fourth-order valence-electron chi connectivity index (χ4n) is 3.72. The summed E-state index contributed by atoms with van der Waals surface area (Å²) in [6, 6.07) is 1.38. The van der Waals surface area contributed by atoms with Crippen LogP contribution in [0.25, 0.3) is 0 Å². The van der Waals surface area contributed by atoms with Gasteiger partial charge in [-0.15, -0.1) is 16.4 Å². The molecule has 0 bridgehead atoms. The minimum absolute atomic E-state index is 0.0279. The molecule has 2 heterocycles. The molecule has 3 rings (SSSR count). The standard InChI is InChI=1S/C20H28N4O2S2/c1-13-10-11-27-17(13)16(18(25)21-20(2,3)4)24(14-8-6-5-7-9-14)19(26)15-12-28-23-22-15/h10-12,14,16H,5-9H2,1-4H3,(H,21,25). The van der Waals surface area contributed by atoms with Gasteiger partial charge in [-0.1, -0.05) is 23.8 Å². The van der Waals surface area contributed by atoms with Crippen molar-refractivity contribution in [2.45, 2.75) is 77.4 Å². The molecule has 1 atom stereocenters. The van der Waals surface area contributed by atoms with Crippen molar-refractivity contribution in [1.29, 1.82) is 0 Å². The number of nitrogens with zero attached hydrogens (tertiary/aromatic N) is 3. The number of aryl methyl sites for hydroxylation is 1. The normalized spacial score (nSPS) is 16.6. The Hall–Kier alpha value is -1.80. The second-order valence-corrected chi connectivity index (χ2v) is 9.96. The highest BCUT2D eigenvalue weighted by atomic mass is 32.1. The third kappa shape index (κ3) is 4.78. The highest BCUT2D eigenvalue weighted by Crippen LogP contribution is 2.36. The molecule has 1 saturated carbocycles. The lowest BCUT2D eigenvalue weighted by Crippen LogP contribution is -2.52. The summed E-state index contributed by atoms with van der Waals surface area (Å²) in [4.78, 5) is 29.6. The van der Waals surface area contributed by atoms with E-state index in [9.17, 15) is 9.59 Å². The van der Waals surface area contributed by atoms with E-state index in [2.05, 4.69) is 14.9 Å². The minimum atomic E-state index is -0.656. The summed E-state index contributed by atoms with van der Waals surface area (Å²) >= 11 is 2.69. The number of amides is 2. The summed E-state index contributed by atoms with van der Waals surface area (Å²) in [6.07, 6.45) is 5.13. The van der Waals surface area contributed by atoms with Gasteiger partial charge in [0.2, 0.25) is 5.91 Å². The Labute approximate surface area is 174 Å². The molecule has 2 aromatic rings. The Morgan fingerprint density at radius 2 is 1.96 bits per heavy atom. The third-order valence-electron chi connectivity index (χ3n) is 4.96. The molecule has 1 aliphatic rings. The summed E-state index contributed by atoms with van der Waals surface area (Å²) < 4.78 is 3.86. The Kier molecular flexibility index (Phi) is 6.50. The number of thiophene rings is 1. The van der Waals surface area contributed by atoms with E-state index in [0.29, 0.717) is 5.69 Å². The molecule has 1 N–H and O–H groups in total. The van der Waals surface area contributed by atoms with Gasteiger partial charge in [0.25, 0.3) is 5.91 Å². The van der Waals surface area contributed by atoms with Gasteiger partial charge in [-0.05, 0) is 69.1 Å². The van der Waals surface area contributed by atoms with Crippen LogP contribution in [0.15, 0.2) is 16.8 Å². The fourth-order valence-corrected chi connectivity index (χ4v) is 5.17. The SMILES string of the molecule is Cc1ccsc1C(C(=O)NC(C)(C)C)N(C(=O)c1csnn1)C1CCCCC1. The number of carbonyl (C=O) groups is 2. The molecule has 1 unspecified atom stereocenters. The van der Waals surface area contributed by atoms with E-state index in [-0.39, 0.29) is 23.4 Å². The zero-order valence-electron chi connectivity index (χ0n) is 16.9. The summed E-state index contributed by atoms with van der Waals surface area (Å²) in [6.45, 7) is 7.87. The second kappa shape index (κ2) is 8.69. The van der Waals surface area contributed by atoms with Crippen molar-refractivity contribution in [3.05, 3.63) is 33.0 Å². The highest BCUT2D eigenvalue weighted by molar-refractivity contribution is 7.10. The van der Waals surface area contributed by atoms with E-state index < -0.39 is 6.04 Å². The van der Waals surface area contributed by atoms with Gasteiger partial charge in [0.05, 0.1) is 0 Å². The molecular formula is C20H28N4O2S2. The van der Waals surface area contributed by atoms with Crippen LogP contribution in [0.2, 0.25) is 0 Å². The van der Waals surface area contributed by atoms with E-state index in [0.717, 1.165) is 47.7 Å². The van der Waals surface area contributed by atoms with E-state index >= 15 is 0 Å². The number of hydrogen-bond acceptors (Lipinski definition) is 6. The number of carbonyl (C=O) groups excluding carboxylic acids is 2. The van der Waals surface area contributed by atoms with Gasteiger partial charge in [-0.3, -0.25) is 9.59 Å². The number of nitrogens with one attached hydrogen (secondary N) is 1. The van der Waals surface area contributed by atoms with Crippen molar-refractivity contribution in [2.24, 2.45) is 0 Å². The van der Waals surface area contributed by atoms with Crippen molar-refractivity contribution in [3.63, 3.8) is 0 Å². The smallest absolute Gasteiger partial charge is 0.276 e. The lowest BCUT2D eigenvalue weighted by molar-refractivity contribution is -0.128. The van der Waals surface area contributed by atoms with E-state index in [4.69, 9.17) is 0 Å². The van der Waals surface area contributed by atoms with Crippen molar-refractivity contribution in [1.82, 2.24) is 19.8 Å². The van der Waals surface area contributed by atoms with E-state index in [1.807, 2.05) is 39.1 Å². The second-order valence-electron chi connectivity index (χ2n) is 8.40. The summed E-state index contributed by atoms with van der Waals surface area (Å²) in [5.74, 6) is -0.345. The summed E-state index contributed by atoms with van der Waals surface area (Å²) in [5.41, 5.74) is 0.965. The molecule has 8 heteroatoms. The maximum absolute atomic E-state index is 13.5. The van der Waals surface area contributed by atoms with Gasteiger partial charge < -0.3 is 10.2 Å². The largest absolute Gasteiger partial charge is 0.349 e. The first-order valence-electron chi connectivity index (χ1n) is 9.73. The van der Waals surface area contributed by atoms with Gasteiger partial charge in [0, 0.05) is 21.8 Å². The third-order valence-corrected chi connectivity index (χ3v) is 6.53. The minimum Gasteiger partial charge on any atom is -0.349 e. The number of rotatable bonds is 5. The van der Waals surface area contributed by atoms with E-state index in [1.165, 1.54) is 17.8 Å². The van der Waals surface area contributed by atoms with Crippen LogP contribution < -0.4 is 5.32 Å². The van der Waals surface area contributed by atoms with Gasteiger partial charge in [0.1, 0.15) is 6.04 Å². The first-order chi connectivity index (χ1) is 13.3. The van der Waals surface area contributed by atoms with Crippen LogP contribution in [0.5, 0.6) is 0 Å². The Balaban J connectivity index is 2.05. The molecule has 2 aromatic heterocycles. The molecule has 0 aromatic carbocycles. The van der Waals surface area contributed by atoms with Crippen LogP contribution in [-0.4, -0.2) is 37.9 Å². The molecule has 2 amide bonds. The van der Waals surface area contributed by atoms with Gasteiger partial charge in [0.15, 0.2) is 5.69 Å². The zero-order valence-corrected chi connectivity index (χ0v) is 18.5. The Morgan fingerprint density at radius 3 is 2.50 bits per heavy atom. The molecule has 0 spiro atoms. The highest BCUT2D eigenvalue weighted by Gasteiger charge is 2.40. The molecule has 152 valence electrons. The molecule has 0 saturated heterocycles. The zero-order chi connectivity index (χ0) is 20.3. The number of hydrogen-bond donors (Lipinski definition) is 1. The summed E-state index contributed by atoms with van der Waals surface area (Å²) in [5, 5.41) is 10.7. The monoisotopic (exact) mass is 420 g/mol. The van der Waals surface area contributed by atoms with Crippen LogP contribution >= 0.6 is 22.9 Å². The van der Waals surface area contributed by atoms with Crippen LogP contribution in [0.4, 0.5) is 0 Å². The average Bonchev–Trinajstić information content (AvgIpc) is 3.30. The van der Waals surface area contributed by atoms with E-state index in [1.54, 1.807) is 10.3 Å². The van der Waals surface area contributed by atoms with Gasteiger partial charge in [-0.25, -0.2) is 0 Å². The van der Waals surface area contributed by atoms with Crippen LogP contribution in [0, 0.1) is 6.92 Å². The van der Waals surface area contributed by atoms with Gasteiger partial charge in [-0.2, -0.15) is 0 Å². The predicted molar refractivity (Wildman–Crippen MR) is 113 cm³/mol. The predicted octanol–water partition coefficient (Wildman–Crippen LogP) is 4.34. The lowest BCUT2D eigenvalue weighted by Gasteiger charge is -2.39. The fraction of sp³-hybridized carbons (Fsp3) is 0.600. The first-order valence-corrected chi connectivity index (χ1v) is 11.5. The maximum atomic E-state index is 13.5. The number of aromatic nitrogens is 2. The molecular weight excluding hydrogens is 392 g/mol. The Bertz CT molecular complexity index is 805. The molecule has 1 aliphatic carbocycles. The molecule has 0 radical (unpaired) electrons. The van der Waals surface area contributed by atoms with Crippen molar-refractivity contribution in [3.8, 4) is 0 Å². The molecule has 1 fully saturated rings. The van der Waals surface area contributed by atoms with Crippen LogP contribution in [0.3, 0.4) is 0 Å². The maximum Gasteiger partial charge on any atom is 0.276 e. The quantitative estimate of drug-likeness (QED) is 0.781. The average molecular weight is 421 g/mol. The molecule has 28 heavy (non-hydrogen) atoms. The molecule has 0 aliphatic heterocycles. The Morgan fingerprint density at radius 1 is 1.25 bits per heavy atom. The van der Waals surface area contributed by atoms with Gasteiger partial charge >= 0.3 is 0 Å². The lowest BCUT2D eigenvalue weighted by atomic mass is 9.92.